The number of ether oxygens (including phenoxy) is 1. The zero-order valence-electron chi connectivity index (χ0n) is 11.3. The van der Waals surface area contributed by atoms with Gasteiger partial charge in [0.25, 0.3) is 0 Å². The Morgan fingerprint density at radius 3 is 2.45 bits per heavy atom. The molecule has 3 rings (SSSR count). The first-order valence-electron chi connectivity index (χ1n) is 6.82. The minimum atomic E-state index is -3.39. The molecule has 20 heavy (non-hydrogen) atoms. The van der Waals surface area contributed by atoms with Crippen LogP contribution in [0, 0.1) is 17.7 Å². The van der Waals surface area contributed by atoms with Gasteiger partial charge in [0.2, 0.25) is 0 Å². The highest BCUT2D eigenvalue weighted by molar-refractivity contribution is 7.90. The van der Waals surface area contributed by atoms with Crippen LogP contribution in [0.4, 0.5) is 4.39 Å². The first kappa shape index (κ1) is 13.8. The molecule has 2 unspecified atom stereocenters. The normalized spacial score (nSPS) is 29.4. The Bertz CT molecular complexity index is 601. The average molecular weight is 299 g/mol. The summed E-state index contributed by atoms with van der Waals surface area (Å²) >= 11 is 0. The van der Waals surface area contributed by atoms with Gasteiger partial charge in [-0.3, -0.25) is 0 Å². The van der Waals surface area contributed by atoms with Crippen LogP contribution in [0.2, 0.25) is 0 Å². The summed E-state index contributed by atoms with van der Waals surface area (Å²) in [6, 6.07) is 3.86. The smallest absolute Gasteiger partial charge is 0.175 e. The van der Waals surface area contributed by atoms with E-state index in [4.69, 9.17) is 4.74 Å². The molecule has 110 valence electrons. The van der Waals surface area contributed by atoms with Gasteiger partial charge in [-0.25, -0.2) is 12.8 Å². The molecular formula is C14H18FNO3S. The van der Waals surface area contributed by atoms with Crippen LogP contribution in [-0.2, 0) is 9.84 Å². The number of rotatable bonds is 3. The molecule has 4 nitrogen and oxygen atoms in total. The van der Waals surface area contributed by atoms with Crippen LogP contribution in [-0.4, -0.2) is 33.9 Å². The van der Waals surface area contributed by atoms with E-state index in [1.54, 1.807) is 0 Å². The molecule has 2 atom stereocenters. The van der Waals surface area contributed by atoms with Crippen molar-refractivity contribution in [1.82, 2.24) is 5.32 Å². The van der Waals surface area contributed by atoms with Crippen LogP contribution in [0.5, 0.6) is 5.75 Å². The van der Waals surface area contributed by atoms with E-state index in [9.17, 15) is 12.8 Å². The highest BCUT2D eigenvalue weighted by atomic mass is 32.2. The SMILES string of the molecule is CS(=O)(=O)c1ccc(OC2C3CCC2CNC3)c(F)c1. The molecule has 1 saturated heterocycles. The van der Waals surface area contributed by atoms with E-state index in [-0.39, 0.29) is 16.7 Å². The fraction of sp³-hybridized carbons (Fsp3) is 0.571. The van der Waals surface area contributed by atoms with Crippen molar-refractivity contribution in [2.75, 3.05) is 19.3 Å². The molecule has 1 N–H and O–H groups in total. The van der Waals surface area contributed by atoms with Gasteiger partial charge in [-0.05, 0) is 31.0 Å². The molecule has 0 amide bonds. The molecule has 2 aliphatic rings. The average Bonchev–Trinajstić information content (AvgIpc) is 2.60. The number of halogens is 1. The van der Waals surface area contributed by atoms with Crippen LogP contribution in [0.1, 0.15) is 12.8 Å². The van der Waals surface area contributed by atoms with Crippen LogP contribution >= 0.6 is 0 Å². The predicted octanol–water partition coefficient (Wildman–Crippen LogP) is 1.61. The minimum Gasteiger partial charge on any atom is -0.487 e. The number of hydrogen-bond donors (Lipinski definition) is 1. The largest absolute Gasteiger partial charge is 0.487 e. The lowest BCUT2D eigenvalue weighted by atomic mass is 9.96. The van der Waals surface area contributed by atoms with Gasteiger partial charge in [-0.15, -0.1) is 0 Å². The Balaban J connectivity index is 1.82. The third-order valence-electron chi connectivity index (χ3n) is 4.25. The Labute approximate surface area is 118 Å². The third kappa shape index (κ3) is 2.54. The van der Waals surface area contributed by atoms with Crippen molar-refractivity contribution in [2.45, 2.75) is 23.8 Å². The number of benzene rings is 1. The van der Waals surface area contributed by atoms with E-state index in [2.05, 4.69) is 5.32 Å². The third-order valence-corrected chi connectivity index (χ3v) is 5.36. The number of fused-ring (bicyclic) bond motifs is 2. The van der Waals surface area contributed by atoms with Gasteiger partial charge in [0.15, 0.2) is 21.4 Å². The monoisotopic (exact) mass is 299 g/mol. The summed E-state index contributed by atoms with van der Waals surface area (Å²) in [4.78, 5) is -0.0179. The molecule has 1 heterocycles. The Morgan fingerprint density at radius 2 is 1.90 bits per heavy atom. The molecule has 2 bridgehead atoms. The summed E-state index contributed by atoms with van der Waals surface area (Å²) in [6.07, 6.45) is 3.31. The maximum Gasteiger partial charge on any atom is 0.175 e. The van der Waals surface area contributed by atoms with Gasteiger partial charge < -0.3 is 10.1 Å². The molecule has 0 aromatic heterocycles. The highest BCUT2D eigenvalue weighted by Gasteiger charge is 2.40. The highest BCUT2D eigenvalue weighted by Crippen LogP contribution is 2.37. The van der Waals surface area contributed by atoms with E-state index in [0.717, 1.165) is 38.3 Å². The van der Waals surface area contributed by atoms with Crippen LogP contribution in [0.15, 0.2) is 23.1 Å². The summed E-state index contributed by atoms with van der Waals surface area (Å²) in [5.74, 6) is 0.387. The van der Waals surface area contributed by atoms with Crippen molar-refractivity contribution in [1.29, 1.82) is 0 Å². The number of hydrogen-bond acceptors (Lipinski definition) is 4. The lowest BCUT2D eigenvalue weighted by Gasteiger charge is -2.31. The van der Waals surface area contributed by atoms with Crippen molar-refractivity contribution < 1.29 is 17.5 Å². The van der Waals surface area contributed by atoms with Gasteiger partial charge in [0.1, 0.15) is 6.10 Å². The van der Waals surface area contributed by atoms with Gasteiger partial charge in [0, 0.05) is 31.2 Å². The first-order valence-corrected chi connectivity index (χ1v) is 8.71. The van der Waals surface area contributed by atoms with E-state index in [0.29, 0.717) is 11.8 Å². The Morgan fingerprint density at radius 1 is 1.25 bits per heavy atom. The van der Waals surface area contributed by atoms with Crippen LogP contribution in [0.25, 0.3) is 0 Å². The maximum atomic E-state index is 14.0. The second-order valence-corrected chi connectivity index (χ2v) is 7.72. The lowest BCUT2D eigenvalue weighted by Crippen LogP contribution is -2.44. The summed E-state index contributed by atoms with van der Waals surface area (Å²) in [6.45, 7) is 1.81. The molecule has 1 aromatic carbocycles. The van der Waals surface area contributed by atoms with Crippen molar-refractivity contribution in [3.05, 3.63) is 24.0 Å². The van der Waals surface area contributed by atoms with Crippen LogP contribution in [0.3, 0.4) is 0 Å². The van der Waals surface area contributed by atoms with E-state index in [1.807, 2.05) is 0 Å². The van der Waals surface area contributed by atoms with Crippen molar-refractivity contribution >= 4 is 9.84 Å². The zero-order chi connectivity index (χ0) is 14.3. The summed E-state index contributed by atoms with van der Waals surface area (Å²) in [5.41, 5.74) is 0. The quantitative estimate of drug-likeness (QED) is 0.921. The molecule has 1 aliphatic carbocycles. The molecule has 1 aromatic rings. The van der Waals surface area contributed by atoms with Crippen molar-refractivity contribution in [3.8, 4) is 5.75 Å². The second-order valence-electron chi connectivity index (χ2n) is 5.70. The fourth-order valence-corrected chi connectivity index (χ4v) is 3.81. The lowest BCUT2D eigenvalue weighted by molar-refractivity contribution is 0.0889. The topological polar surface area (TPSA) is 55.4 Å². The van der Waals surface area contributed by atoms with Gasteiger partial charge >= 0.3 is 0 Å². The number of nitrogens with one attached hydrogen (secondary N) is 1. The molecule has 6 heteroatoms. The Kier molecular flexibility index (Phi) is 3.46. The molecule has 1 aliphatic heterocycles. The maximum absolute atomic E-state index is 14.0. The van der Waals surface area contributed by atoms with Gasteiger partial charge in [0.05, 0.1) is 4.90 Å². The first-order chi connectivity index (χ1) is 9.45. The fourth-order valence-electron chi connectivity index (χ4n) is 3.18. The molecule has 0 radical (unpaired) electrons. The van der Waals surface area contributed by atoms with Gasteiger partial charge in [-0.1, -0.05) is 0 Å². The standard InChI is InChI=1S/C14H18FNO3S/c1-20(17,18)11-4-5-13(12(15)6-11)19-14-9-2-3-10(14)8-16-7-9/h4-6,9-10,14,16H,2-3,7-8H2,1H3. The van der Waals surface area contributed by atoms with E-state index < -0.39 is 15.7 Å². The van der Waals surface area contributed by atoms with E-state index >= 15 is 0 Å². The van der Waals surface area contributed by atoms with Crippen molar-refractivity contribution in [3.63, 3.8) is 0 Å². The number of sulfone groups is 1. The summed E-state index contributed by atoms with van der Waals surface area (Å²) < 4.78 is 42.6. The van der Waals surface area contributed by atoms with Gasteiger partial charge in [-0.2, -0.15) is 0 Å². The summed E-state index contributed by atoms with van der Waals surface area (Å²) in [7, 11) is -3.39. The molecule has 2 fully saturated rings. The number of piperidine rings is 1. The summed E-state index contributed by atoms with van der Waals surface area (Å²) in [5, 5.41) is 3.35. The molecule has 1 saturated carbocycles. The molecule has 0 spiro atoms. The minimum absolute atomic E-state index is 0.0179. The zero-order valence-corrected chi connectivity index (χ0v) is 12.1. The Hall–Kier alpha value is -1.14. The molecular weight excluding hydrogens is 281 g/mol. The second kappa shape index (κ2) is 5.00. The van der Waals surface area contributed by atoms with Crippen LogP contribution < -0.4 is 10.1 Å². The van der Waals surface area contributed by atoms with E-state index in [1.165, 1.54) is 12.1 Å². The van der Waals surface area contributed by atoms with Crippen molar-refractivity contribution in [2.24, 2.45) is 11.8 Å². The predicted molar refractivity (Wildman–Crippen MR) is 73.0 cm³/mol.